The molecule has 1 fully saturated rings. The minimum Gasteiger partial charge on any atom is -0.359 e. The van der Waals surface area contributed by atoms with Crippen molar-refractivity contribution in [3.63, 3.8) is 0 Å². The highest BCUT2D eigenvalue weighted by Crippen LogP contribution is 2.39. The van der Waals surface area contributed by atoms with Crippen LogP contribution in [0.25, 0.3) is 0 Å². The Kier molecular flexibility index (Phi) is 5.97. The average Bonchev–Trinajstić information content (AvgIpc) is 2.46. The number of halogens is 1. The van der Waals surface area contributed by atoms with Crippen molar-refractivity contribution >= 4 is 5.84 Å². The quantitative estimate of drug-likeness (QED) is 0.498. The van der Waals surface area contributed by atoms with Crippen molar-refractivity contribution < 1.29 is 4.39 Å². The van der Waals surface area contributed by atoms with Crippen LogP contribution < -0.4 is 0 Å². The highest BCUT2D eigenvalue weighted by molar-refractivity contribution is 5.81. The summed E-state index contributed by atoms with van der Waals surface area (Å²) in [4.78, 5) is 7.02. The lowest BCUT2D eigenvalue weighted by molar-refractivity contribution is 0.0384. The van der Waals surface area contributed by atoms with Crippen LogP contribution in [-0.4, -0.2) is 23.8 Å². The van der Waals surface area contributed by atoms with Gasteiger partial charge in [-0.05, 0) is 37.5 Å². The number of rotatable bonds is 7. The first-order valence-corrected chi connectivity index (χ1v) is 8.70. The maximum Gasteiger partial charge on any atom is 0.123 e. The van der Waals surface area contributed by atoms with E-state index in [1.165, 1.54) is 37.8 Å². The van der Waals surface area contributed by atoms with Crippen LogP contribution in [0.5, 0.6) is 0 Å². The van der Waals surface area contributed by atoms with E-state index in [4.69, 9.17) is 0 Å². The van der Waals surface area contributed by atoms with Gasteiger partial charge in [-0.25, -0.2) is 9.38 Å². The molecular weight excluding hydrogens is 287 g/mol. The summed E-state index contributed by atoms with van der Waals surface area (Å²) in [6.07, 6.45) is 5.78. The Labute approximate surface area is 140 Å². The van der Waals surface area contributed by atoms with E-state index in [1.807, 2.05) is 0 Å². The summed E-state index contributed by atoms with van der Waals surface area (Å²) < 4.78 is 12.9. The van der Waals surface area contributed by atoms with Gasteiger partial charge in [-0.2, -0.15) is 0 Å². The molecule has 1 aliphatic heterocycles. The van der Waals surface area contributed by atoms with E-state index in [-0.39, 0.29) is 5.82 Å². The van der Waals surface area contributed by atoms with Crippen molar-refractivity contribution in [2.24, 2.45) is 10.4 Å². The van der Waals surface area contributed by atoms with Crippen molar-refractivity contribution in [3.05, 3.63) is 47.9 Å². The Morgan fingerprint density at radius 2 is 1.74 bits per heavy atom. The Bertz CT molecular complexity index is 546. The topological polar surface area (TPSA) is 15.6 Å². The van der Waals surface area contributed by atoms with Crippen molar-refractivity contribution in [1.29, 1.82) is 0 Å². The maximum absolute atomic E-state index is 12.9. The van der Waals surface area contributed by atoms with Crippen molar-refractivity contribution in [2.45, 2.75) is 52.9 Å². The molecule has 0 atom stereocenters. The smallest absolute Gasteiger partial charge is 0.123 e. The van der Waals surface area contributed by atoms with Crippen LogP contribution in [-0.2, 0) is 6.42 Å². The van der Waals surface area contributed by atoms with Crippen LogP contribution in [0.1, 0.15) is 52.0 Å². The van der Waals surface area contributed by atoms with Crippen molar-refractivity contribution in [3.8, 4) is 0 Å². The Hall–Kier alpha value is -1.64. The molecule has 1 aliphatic rings. The number of nitrogens with zero attached hydrogens (tertiary/aromatic N) is 2. The highest BCUT2D eigenvalue weighted by Gasteiger charge is 2.41. The van der Waals surface area contributed by atoms with Crippen LogP contribution in [0.15, 0.2) is 41.5 Å². The number of likely N-dealkylation sites (tertiary alicyclic amines) is 1. The molecule has 3 heteroatoms. The molecule has 0 unspecified atom stereocenters. The number of hydrogen-bond acceptors (Lipinski definition) is 1. The fraction of sp³-hybridized carbons (Fsp3) is 0.550. The molecule has 0 amide bonds. The normalized spacial score (nSPS) is 17.0. The zero-order valence-electron chi connectivity index (χ0n) is 14.7. The number of amidine groups is 1. The molecule has 0 aromatic heterocycles. The zero-order valence-corrected chi connectivity index (χ0v) is 14.7. The van der Waals surface area contributed by atoms with Gasteiger partial charge >= 0.3 is 0 Å². The first kappa shape index (κ1) is 17.7. The monoisotopic (exact) mass is 316 g/mol. The molecule has 0 saturated carbocycles. The van der Waals surface area contributed by atoms with E-state index in [1.54, 1.807) is 12.1 Å². The molecule has 2 nitrogen and oxygen atoms in total. The van der Waals surface area contributed by atoms with Gasteiger partial charge in [-0.3, -0.25) is 0 Å². The van der Waals surface area contributed by atoms with Crippen molar-refractivity contribution in [2.75, 3.05) is 13.1 Å². The largest absolute Gasteiger partial charge is 0.359 e. The summed E-state index contributed by atoms with van der Waals surface area (Å²) in [6, 6.07) is 6.56. The van der Waals surface area contributed by atoms with Crippen LogP contribution >= 0.6 is 0 Å². The summed E-state index contributed by atoms with van der Waals surface area (Å²) in [7, 11) is 0. The number of hydrogen-bond donors (Lipinski definition) is 0. The van der Waals surface area contributed by atoms with Gasteiger partial charge in [0.2, 0.25) is 0 Å². The molecule has 126 valence electrons. The standard InChI is InChI=1S/C20H29FN2/c1-5-11-20(12-6-2)14-23(15-20)17(4)22-16(3)13-18-7-9-19(21)10-8-18/h7-10H,3,5-6,11-15H2,1-2,4H3. The first-order chi connectivity index (χ1) is 11.0. The minimum atomic E-state index is -0.206. The van der Waals surface area contributed by atoms with Crippen LogP contribution in [0.4, 0.5) is 4.39 Å². The van der Waals surface area contributed by atoms with Gasteiger partial charge in [-0.1, -0.05) is 45.4 Å². The van der Waals surface area contributed by atoms with E-state index in [2.05, 4.69) is 37.2 Å². The lowest BCUT2D eigenvalue weighted by Crippen LogP contribution is -2.57. The summed E-state index contributed by atoms with van der Waals surface area (Å²) in [5.74, 6) is 0.850. The Morgan fingerprint density at radius 3 is 2.26 bits per heavy atom. The second-order valence-corrected chi connectivity index (χ2v) is 6.88. The van der Waals surface area contributed by atoms with Crippen LogP contribution in [0.3, 0.4) is 0 Å². The summed E-state index contributed by atoms with van der Waals surface area (Å²) in [5.41, 5.74) is 2.37. The van der Waals surface area contributed by atoms with E-state index in [0.717, 1.165) is 30.2 Å². The molecule has 1 aromatic carbocycles. The third kappa shape index (κ3) is 4.66. The lowest BCUT2D eigenvalue weighted by atomic mass is 9.72. The predicted molar refractivity (Wildman–Crippen MR) is 96.2 cm³/mol. The van der Waals surface area contributed by atoms with Gasteiger partial charge in [0.05, 0.1) is 0 Å². The third-order valence-electron chi connectivity index (χ3n) is 4.71. The van der Waals surface area contributed by atoms with E-state index in [0.29, 0.717) is 11.8 Å². The highest BCUT2D eigenvalue weighted by atomic mass is 19.1. The molecule has 2 rings (SSSR count). The van der Waals surface area contributed by atoms with E-state index >= 15 is 0 Å². The van der Waals surface area contributed by atoms with Crippen LogP contribution in [0, 0.1) is 11.2 Å². The summed E-state index contributed by atoms with van der Waals surface area (Å²) in [5, 5.41) is 0. The zero-order chi connectivity index (χ0) is 16.9. The first-order valence-electron chi connectivity index (χ1n) is 8.70. The van der Waals surface area contributed by atoms with E-state index in [9.17, 15) is 4.39 Å². The van der Waals surface area contributed by atoms with E-state index < -0.39 is 0 Å². The molecule has 0 aliphatic carbocycles. The molecule has 0 radical (unpaired) electrons. The third-order valence-corrected chi connectivity index (χ3v) is 4.71. The molecular formula is C20H29FN2. The fourth-order valence-electron chi connectivity index (χ4n) is 3.67. The van der Waals surface area contributed by atoms with Crippen molar-refractivity contribution in [1.82, 2.24) is 4.90 Å². The van der Waals surface area contributed by atoms with Gasteiger partial charge in [0.1, 0.15) is 11.7 Å². The van der Waals surface area contributed by atoms with Gasteiger partial charge < -0.3 is 4.90 Å². The van der Waals surface area contributed by atoms with Gasteiger partial charge in [0.25, 0.3) is 0 Å². The van der Waals surface area contributed by atoms with Gasteiger partial charge in [-0.15, -0.1) is 0 Å². The van der Waals surface area contributed by atoms with Crippen LogP contribution in [0.2, 0.25) is 0 Å². The lowest BCUT2D eigenvalue weighted by Gasteiger charge is -2.51. The molecule has 0 spiro atoms. The number of aliphatic imine (C=N–C) groups is 1. The number of allylic oxidation sites excluding steroid dienone is 1. The Balaban J connectivity index is 1.90. The Morgan fingerprint density at radius 1 is 1.17 bits per heavy atom. The molecule has 0 N–H and O–H groups in total. The predicted octanol–water partition coefficient (Wildman–Crippen LogP) is 5.20. The summed E-state index contributed by atoms with van der Waals surface area (Å²) in [6.45, 7) is 12.9. The molecule has 1 aromatic rings. The van der Waals surface area contributed by atoms with Gasteiger partial charge in [0, 0.05) is 30.6 Å². The summed E-state index contributed by atoms with van der Waals surface area (Å²) >= 11 is 0. The average molecular weight is 316 g/mol. The molecule has 1 saturated heterocycles. The second-order valence-electron chi connectivity index (χ2n) is 6.88. The SMILES string of the molecule is C=C(Cc1ccc(F)cc1)N=C(C)N1CC(CCC)(CCC)C1. The minimum absolute atomic E-state index is 0.206. The molecule has 1 heterocycles. The van der Waals surface area contributed by atoms with Gasteiger partial charge in [0.15, 0.2) is 0 Å². The molecule has 23 heavy (non-hydrogen) atoms. The maximum atomic E-state index is 12.9. The fourth-order valence-corrected chi connectivity index (χ4v) is 3.67. The number of benzene rings is 1. The molecule has 0 bridgehead atoms. The second kappa shape index (κ2) is 7.76.